The highest BCUT2D eigenvalue weighted by Crippen LogP contribution is 2.24. The Labute approximate surface area is 133 Å². The van der Waals surface area contributed by atoms with Crippen LogP contribution in [0.25, 0.3) is 0 Å². The van der Waals surface area contributed by atoms with Gasteiger partial charge in [-0.25, -0.2) is 0 Å². The summed E-state index contributed by atoms with van der Waals surface area (Å²) in [5.74, 6) is 0.382. The molecule has 0 aromatic heterocycles. The van der Waals surface area contributed by atoms with Crippen molar-refractivity contribution in [2.75, 3.05) is 26.3 Å². The number of benzene rings is 1. The molecular weight excluding hydrogens is 278 g/mol. The van der Waals surface area contributed by atoms with Crippen LogP contribution in [0.2, 0.25) is 0 Å². The van der Waals surface area contributed by atoms with Crippen molar-refractivity contribution in [3.05, 3.63) is 35.4 Å². The van der Waals surface area contributed by atoms with E-state index in [-0.39, 0.29) is 25.0 Å². The average Bonchev–Trinajstić information content (AvgIpc) is 2.88. The summed E-state index contributed by atoms with van der Waals surface area (Å²) < 4.78 is 0. The van der Waals surface area contributed by atoms with E-state index in [1.54, 1.807) is 0 Å². The standard InChI is InChI=1S/C18H29NO3/c1-18(2,22)8-7-14-3-5-15(6-4-14)9-19-10-16(12-20)17(11-19)13-21/h3-6,16-17,20-22H,7-13H2,1-2H3/t16-,17-/m0/s1. The Hall–Kier alpha value is -0.940. The molecule has 0 radical (unpaired) electrons. The Balaban J connectivity index is 1.86. The van der Waals surface area contributed by atoms with Crippen LogP contribution in [0.15, 0.2) is 24.3 Å². The molecule has 4 nitrogen and oxygen atoms in total. The molecule has 124 valence electrons. The largest absolute Gasteiger partial charge is 0.396 e. The maximum atomic E-state index is 9.77. The van der Waals surface area contributed by atoms with Gasteiger partial charge in [0, 0.05) is 44.7 Å². The molecule has 0 unspecified atom stereocenters. The summed E-state index contributed by atoms with van der Waals surface area (Å²) in [6.07, 6.45) is 1.64. The second-order valence-electron chi connectivity index (χ2n) is 7.21. The van der Waals surface area contributed by atoms with Crippen molar-refractivity contribution in [2.24, 2.45) is 11.8 Å². The van der Waals surface area contributed by atoms with Gasteiger partial charge < -0.3 is 15.3 Å². The molecule has 3 N–H and O–H groups in total. The minimum Gasteiger partial charge on any atom is -0.396 e. The Morgan fingerprint density at radius 1 is 1.00 bits per heavy atom. The number of aliphatic hydroxyl groups excluding tert-OH is 2. The van der Waals surface area contributed by atoms with E-state index in [1.165, 1.54) is 11.1 Å². The van der Waals surface area contributed by atoms with Gasteiger partial charge in [0.2, 0.25) is 0 Å². The fraction of sp³-hybridized carbons (Fsp3) is 0.667. The van der Waals surface area contributed by atoms with Gasteiger partial charge in [-0.1, -0.05) is 24.3 Å². The molecule has 0 aliphatic carbocycles. The molecule has 4 heteroatoms. The van der Waals surface area contributed by atoms with Gasteiger partial charge in [-0.15, -0.1) is 0 Å². The van der Waals surface area contributed by atoms with Crippen molar-refractivity contribution < 1.29 is 15.3 Å². The van der Waals surface area contributed by atoms with Crippen LogP contribution in [0.3, 0.4) is 0 Å². The van der Waals surface area contributed by atoms with Crippen LogP contribution in [0.4, 0.5) is 0 Å². The normalized spacial score (nSPS) is 23.1. The number of rotatable bonds is 7. The fourth-order valence-corrected chi connectivity index (χ4v) is 3.10. The van der Waals surface area contributed by atoms with E-state index in [0.29, 0.717) is 0 Å². The van der Waals surface area contributed by atoms with Gasteiger partial charge in [-0.2, -0.15) is 0 Å². The maximum absolute atomic E-state index is 9.77. The number of nitrogens with zero attached hydrogens (tertiary/aromatic N) is 1. The lowest BCUT2D eigenvalue weighted by Gasteiger charge is -2.18. The van der Waals surface area contributed by atoms with Crippen LogP contribution in [0, 0.1) is 11.8 Å². The van der Waals surface area contributed by atoms with E-state index in [0.717, 1.165) is 32.5 Å². The summed E-state index contributed by atoms with van der Waals surface area (Å²) in [5.41, 5.74) is 1.88. The van der Waals surface area contributed by atoms with Crippen LogP contribution in [-0.4, -0.2) is 52.1 Å². The van der Waals surface area contributed by atoms with Crippen molar-refractivity contribution in [3.8, 4) is 0 Å². The molecule has 2 rings (SSSR count). The molecule has 1 aliphatic heterocycles. The maximum Gasteiger partial charge on any atom is 0.0594 e. The second-order valence-corrected chi connectivity index (χ2v) is 7.21. The van der Waals surface area contributed by atoms with Crippen LogP contribution in [0.1, 0.15) is 31.4 Å². The zero-order chi connectivity index (χ0) is 16.2. The van der Waals surface area contributed by atoms with E-state index in [4.69, 9.17) is 0 Å². The van der Waals surface area contributed by atoms with Crippen LogP contribution >= 0.6 is 0 Å². The summed E-state index contributed by atoms with van der Waals surface area (Å²) in [7, 11) is 0. The molecule has 0 amide bonds. The van der Waals surface area contributed by atoms with Gasteiger partial charge in [0.25, 0.3) is 0 Å². The van der Waals surface area contributed by atoms with Crippen molar-refractivity contribution in [1.29, 1.82) is 0 Å². The minimum absolute atomic E-state index is 0.150. The molecule has 1 fully saturated rings. The van der Waals surface area contributed by atoms with Crippen LogP contribution in [0.5, 0.6) is 0 Å². The SMILES string of the molecule is CC(C)(O)CCc1ccc(CN2C[C@@H](CO)[C@H](CO)C2)cc1. The molecular formula is C18H29NO3. The van der Waals surface area contributed by atoms with Crippen molar-refractivity contribution in [2.45, 2.75) is 38.8 Å². The highest BCUT2D eigenvalue weighted by molar-refractivity contribution is 5.23. The lowest BCUT2D eigenvalue weighted by Crippen LogP contribution is -2.21. The number of aryl methyl sites for hydroxylation is 1. The Bertz CT molecular complexity index is 440. The zero-order valence-corrected chi connectivity index (χ0v) is 13.7. The first kappa shape index (κ1) is 17.4. The van der Waals surface area contributed by atoms with E-state index in [2.05, 4.69) is 29.2 Å². The lowest BCUT2D eigenvalue weighted by molar-refractivity contribution is 0.0714. The third-order valence-electron chi connectivity index (χ3n) is 4.58. The van der Waals surface area contributed by atoms with Crippen LogP contribution in [-0.2, 0) is 13.0 Å². The predicted molar refractivity (Wildman–Crippen MR) is 87.5 cm³/mol. The van der Waals surface area contributed by atoms with Gasteiger partial charge in [-0.3, -0.25) is 4.90 Å². The third kappa shape index (κ3) is 5.06. The summed E-state index contributed by atoms with van der Waals surface area (Å²) in [5, 5.41) is 28.5. The summed E-state index contributed by atoms with van der Waals surface area (Å²) in [6.45, 7) is 6.53. The van der Waals surface area contributed by atoms with E-state index in [1.807, 2.05) is 13.8 Å². The predicted octanol–water partition coefficient (Wildman–Crippen LogP) is 1.42. The first-order valence-electron chi connectivity index (χ1n) is 8.15. The zero-order valence-electron chi connectivity index (χ0n) is 13.7. The molecule has 1 aliphatic rings. The molecule has 2 atom stereocenters. The van der Waals surface area contributed by atoms with Gasteiger partial charge in [-0.05, 0) is 37.8 Å². The van der Waals surface area contributed by atoms with E-state index < -0.39 is 5.60 Å². The first-order chi connectivity index (χ1) is 10.4. The molecule has 1 aromatic carbocycles. The average molecular weight is 307 g/mol. The first-order valence-corrected chi connectivity index (χ1v) is 8.15. The Morgan fingerprint density at radius 3 is 1.95 bits per heavy atom. The number of aliphatic hydroxyl groups is 3. The number of hydrogen-bond donors (Lipinski definition) is 3. The minimum atomic E-state index is -0.618. The second kappa shape index (κ2) is 7.55. The van der Waals surface area contributed by atoms with E-state index in [9.17, 15) is 15.3 Å². The molecule has 22 heavy (non-hydrogen) atoms. The molecule has 0 spiro atoms. The van der Waals surface area contributed by atoms with Gasteiger partial charge in [0.1, 0.15) is 0 Å². The van der Waals surface area contributed by atoms with Gasteiger partial charge >= 0.3 is 0 Å². The summed E-state index contributed by atoms with van der Waals surface area (Å²) in [4.78, 5) is 2.30. The monoisotopic (exact) mass is 307 g/mol. The summed E-state index contributed by atoms with van der Waals surface area (Å²) >= 11 is 0. The Morgan fingerprint density at radius 2 is 1.50 bits per heavy atom. The smallest absolute Gasteiger partial charge is 0.0594 e. The molecule has 0 bridgehead atoms. The Kier molecular flexibility index (Phi) is 5.98. The molecule has 1 heterocycles. The van der Waals surface area contributed by atoms with Crippen molar-refractivity contribution >= 4 is 0 Å². The summed E-state index contributed by atoms with van der Waals surface area (Å²) in [6, 6.07) is 8.54. The highest BCUT2D eigenvalue weighted by atomic mass is 16.3. The van der Waals surface area contributed by atoms with Gasteiger partial charge in [0.15, 0.2) is 0 Å². The molecule has 0 saturated carbocycles. The molecule has 1 saturated heterocycles. The van der Waals surface area contributed by atoms with E-state index >= 15 is 0 Å². The fourth-order valence-electron chi connectivity index (χ4n) is 3.10. The van der Waals surface area contributed by atoms with Crippen LogP contribution < -0.4 is 0 Å². The third-order valence-corrected chi connectivity index (χ3v) is 4.58. The number of hydrogen-bond acceptors (Lipinski definition) is 4. The lowest BCUT2D eigenvalue weighted by atomic mass is 9.98. The highest BCUT2D eigenvalue weighted by Gasteiger charge is 2.31. The van der Waals surface area contributed by atoms with Crippen molar-refractivity contribution in [3.63, 3.8) is 0 Å². The van der Waals surface area contributed by atoms with Crippen molar-refractivity contribution in [1.82, 2.24) is 4.90 Å². The topological polar surface area (TPSA) is 63.9 Å². The quantitative estimate of drug-likeness (QED) is 0.713. The number of likely N-dealkylation sites (tertiary alicyclic amines) is 1. The molecule has 1 aromatic rings. The van der Waals surface area contributed by atoms with Gasteiger partial charge in [0.05, 0.1) is 5.60 Å².